The van der Waals surface area contributed by atoms with E-state index in [9.17, 15) is 13.2 Å². The van der Waals surface area contributed by atoms with Crippen LogP contribution in [0.15, 0.2) is 24.3 Å². The molecule has 3 nitrogen and oxygen atoms in total. The molecule has 0 bridgehead atoms. The lowest BCUT2D eigenvalue weighted by Gasteiger charge is -2.13. The van der Waals surface area contributed by atoms with Gasteiger partial charge in [0, 0.05) is 18.3 Å². The normalized spacial score (nSPS) is 13.6. The van der Waals surface area contributed by atoms with Gasteiger partial charge in [-0.1, -0.05) is 6.07 Å². The summed E-state index contributed by atoms with van der Waals surface area (Å²) in [7, 11) is 0. The van der Waals surface area contributed by atoms with Gasteiger partial charge in [-0.25, -0.2) is 0 Å². The summed E-state index contributed by atoms with van der Waals surface area (Å²) in [6, 6.07) is 4.34. The van der Waals surface area contributed by atoms with Gasteiger partial charge in [-0.15, -0.1) is 0 Å². The molecular weight excluding hydrogens is 221 g/mol. The third kappa shape index (κ3) is 3.71. The van der Waals surface area contributed by atoms with Crippen molar-refractivity contribution >= 4 is 5.69 Å². The highest BCUT2D eigenvalue weighted by Crippen LogP contribution is 2.30. The molecule has 0 aromatic heterocycles. The molecule has 1 aromatic rings. The molecule has 0 saturated carbocycles. The number of anilines is 1. The molecule has 1 rings (SSSR count). The Labute approximate surface area is 91.1 Å². The minimum absolute atomic E-state index is 0.216. The van der Waals surface area contributed by atoms with E-state index in [4.69, 9.17) is 10.8 Å². The predicted octanol–water partition coefficient (Wildman–Crippen LogP) is 1.44. The number of hydrogen-bond donors (Lipinski definition) is 3. The summed E-state index contributed by atoms with van der Waals surface area (Å²) >= 11 is 0. The molecule has 0 radical (unpaired) electrons. The Hall–Kier alpha value is -1.27. The Bertz CT molecular complexity index is 341. The predicted molar refractivity (Wildman–Crippen MR) is 55.0 cm³/mol. The van der Waals surface area contributed by atoms with Crippen molar-refractivity contribution in [3.63, 3.8) is 0 Å². The van der Waals surface area contributed by atoms with Crippen molar-refractivity contribution in [1.29, 1.82) is 0 Å². The van der Waals surface area contributed by atoms with Crippen molar-refractivity contribution in [3.8, 4) is 0 Å². The number of aliphatic hydroxyl groups excluding tert-OH is 1. The molecule has 90 valence electrons. The first-order chi connectivity index (χ1) is 7.43. The number of alkyl halides is 3. The number of nitrogens with two attached hydrogens (primary N) is 1. The van der Waals surface area contributed by atoms with Crippen molar-refractivity contribution in [2.75, 3.05) is 18.5 Å². The lowest BCUT2D eigenvalue weighted by atomic mass is 10.2. The third-order valence-corrected chi connectivity index (χ3v) is 1.99. The van der Waals surface area contributed by atoms with Gasteiger partial charge in [-0.05, 0) is 18.2 Å². The van der Waals surface area contributed by atoms with Crippen LogP contribution in [0.4, 0.5) is 18.9 Å². The lowest BCUT2D eigenvalue weighted by molar-refractivity contribution is -0.137. The Morgan fingerprint density at radius 2 is 2.06 bits per heavy atom. The van der Waals surface area contributed by atoms with E-state index in [0.717, 1.165) is 12.1 Å². The molecule has 0 spiro atoms. The zero-order valence-corrected chi connectivity index (χ0v) is 8.46. The fraction of sp³-hybridized carbons (Fsp3) is 0.400. The largest absolute Gasteiger partial charge is 0.416 e. The molecule has 0 fully saturated rings. The Morgan fingerprint density at radius 1 is 1.38 bits per heavy atom. The zero-order valence-electron chi connectivity index (χ0n) is 8.46. The molecule has 1 unspecified atom stereocenters. The van der Waals surface area contributed by atoms with Gasteiger partial charge >= 0.3 is 6.18 Å². The number of halogens is 3. The quantitative estimate of drug-likeness (QED) is 0.738. The van der Waals surface area contributed by atoms with Gasteiger partial charge in [0.05, 0.1) is 12.2 Å². The number of aliphatic hydroxyl groups is 1. The number of nitrogens with one attached hydrogen (secondary N) is 1. The second-order valence-electron chi connectivity index (χ2n) is 3.40. The lowest BCUT2D eigenvalue weighted by Crippen LogP contribution is -2.32. The van der Waals surface area contributed by atoms with Crippen LogP contribution in [0.25, 0.3) is 0 Å². The van der Waals surface area contributed by atoms with Crippen LogP contribution < -0.4 is 11.1 Å². The smallest absolute Gasteiger partial charge is 0.395 e. The van der Waals surface area contributed by atoms with Crippen molar-refractivity contribution in [1.82, 2.24) is 0 Å². The summed E-state index contributed by atoms with van der Waals surface area (Å²) in [6.45, 7) is 0.00374. The highest BCUT2D eigenvalue weighted by atomic mass is 19.4. The zero-order chi connectivity index (χ0) is 12.2. The first-order valence-electron chi connectivity index (χ1n) is 4.71. The Kier molecular flexibility index (Phi) is 4.14. The summed E-state index contributed by atoms with van der Waals surface area (Å²) in [5.74, 6) is 0. The average Bonchev–Trinajstić information content (AvgIpc) is 2.25. The van der Waals surface area contributed by atoms with E-state index in [-0.39, 0.29) is 13.2 Å². The Balaban J connectivity index is 2.68. The molecule has 16 heavy (non-hydrogen) atoms. The topological polar surface area (TPSA) is 58.3 Å². The van der Waals surface area contributed by atoms with E-state index >= 15 is 0 Å². The highest BCUT2D eigenvalue weighted by molar-refractivity contribution is 5.46. The van der Waals surface area contributed by atoms with Crippen LogP contribution in [0.2, 0.25) is 0 Å². The van der Waals surface area contributed by atoms with Gasteiger partial charge in [-0.3, -0.25) is 0 Å². The molecular formula is C10H13F3N2O. The van der Waals surface area contributed by atoms with E-state index in [1.165, 1.54) is 12.1 Å². The van der Waals surface area contributed by atoms with Gasteiger partial charge in [0.2, 0.25) is 0 Å². The van der Waals surface area contributed by atoms with E-state index in [1.54, 1.807) is 0 Å². The maximum absolute atomic E-state index is 12.3. The molecule has 4 N–H and O–H groups in total. The fourth-order valence-electron chi connectivity index (χ4n) is 1.12. The van der Waals surface area contributed by atoms with Crippen molar-refractivity contribution in [2.24, 2.45) is 5.73 Å². The molecule has 0 aliphatic carbocycles. The summed E-state index contributed by atoms with van der Waals surface area (Å²) < 4.78 is 37.0. The van der Waals surface area contributed by atoms with Crippen LogP contribution in [-0.2, 0) is 6.18 Å². The maximum Gasteiger partial charge on any atom is 0.416 e. The minimum Gasteiger partial charge on any atom is -0.395 e. The third-order valence-electron chi connectivity index (χ3n) is 1.99. The summed E-state index contributed by atoms with van der Waals surface area (Å²) in [5, 5.41) is 11.4. The van der Waals surface area contributed by atoms with Crippen LogP contribution >= 0.6 is 0 Å². The fourth-order valence-corrected chi connectivity index (χ4v) is 1.12. The maximum atomic E-state index is 12.3. The highest BCUT2D eigenvalue weighted by Gasteiger charge is 2.30. The molecule has 1 atom stereocenters. The van der Waals surface area contributed by atoms with E-state index < -0.39 is 17.8 Å². The number of hydrogen-bond acceptors (Lipinski definition) is 3. The number of rotatable bonds is 4. The van der Waals surface area contributed by atoms with Gasteiger partial charge in [0.25, 0.3) is 0 Å². The van der Waals surface area contributed by atoms with E-state index in [1.807, 2.05) is 0 Å². The molecule has 0 aliphatic heterocycles. The SMILES string of the molecule is NC(CO)CNc1cccc(C(F)(F)F)c1. The second-order valence-corrected chi connectivity index (χ2v) is 3.40. The number of benzene rings is 1. The average molecular weight is 234 g/mol. The van der Waals surface area contributed by atoms with Crippen LogP contribution in [0.5, 0.6) is 0 Å². The summed E-state index contributed by atoms with van der Waals surface area (Å²) in [5.41, 5.74) is 5.03. The van der Waals surface area contributed by atoms with Gasteiger partial charge in [0.1, 0.15) is 0 Å². The van der Waals surface area contributed by atoms with Crippen LogP contribution in [0.1, 0.15) is 5.56 Å². The summed E-state index contributed by atoms with van der Waals surface area (Å²) in [6.07, 6.45) is -4.35. The van der Waals surface area contributed by atoms with Crippen molar-refractivity contribution in [3.05, 3.63) is 29.8 Å². The first kappa shape index (κ1) is 12.8. The van der Waals surface area contributed by atoms with Gasteiger partial charge in [0.15, 0.2) is 0 Å². The molecule has 0 amide bonds. The molecule has 0 heterocycles. The standard InChI is InChI=1S/C10H13F3N2O/c11-10(12,13)7-2-1-3-9(4-7)15-5-8(14)6-16/h1-4,8,15-16H,5-6,14H2. The van der Waals surface area contributed by atoms with E-state index in [2.05, 4.69) is 5.32 Å². The summed E-state index contributed by atoms with van der Waals surface area (Å²) in [4.78, 5) is 0. The monoisotopic (exact) mass is 234 g/mol. The molecule has 0 aliphatic rings. The van der Waals surface area contributed by atoms with Crippen LogP contribution in [0.3, 0.4) is 0 Å². The Morgan fingerprint density at radius 3 is 2.62 bits per heavy atom. The van der Waals surface area contributed by atoms with Crippen LogP contribution in [-0.4, -0.2) is 24.3 Å². The minimum atomic E-state index is -4.35. The van der Waals surface area contributed by atoms with Crippen molar-refractivity contribution < 1.29 is 18.3 Å². The van der Waals surface area contributed by atoms with E-state index in [0.29, 0.717) is 5.69 Å². The second kappa shape index (κ2) is 5.18. The molecule has 1 aromatic carbocycles. The molecule has 0 saturated heterocycles. The van der Waals surface area contributed by atoms with Crippen LogP contribution in [0, 0.1) is 0 Å². The first-order valence-corrected chi connectivity index (χ1v) is 4.71. The van der Waals surface area contributed by atoms with Crippen molar-refractivity contribution in [2.45, 2.75) is 12.2 Å². The van der Waals surface area contributed by atoms with Gasteiger partial charge in [-0.2, -0.15) is 13.2 Å². The molecule has 6 heteroatoms. The van der Waals surface area contributed by atoms with Gasteiger partial charge < -0.3 is 16.2 Å².